The highest BCUT2D eigenvalue weighted by atomic mass is 79.9. The van der Waals surface area contributed by atoms with E-state index in [4.69, 9.17) is 0 Å². The van der Waals surface area contributed by atoms with Crippen LogP contribution in [0.3, 0.4) is 0 Å². The molecule has 14 heteroatoms. The van der Waals surface area contributed by atoms with Crippen molar-refractivity contribution in [2.45, 2.75) is 85.5 Å². The number of fused-ring (bicyclic) bond motifs is 2. The van der Waals surface area contributed by atoms with Crippen LogP contribution in [-0.2, 0) is 22.9 Å². The number of nitrogens with one attached hydrogen (secondary N) is 2. The topological polar surface area (TPSA) is 154 Å². The van der Waals surface area contributed by atoms with Crippen LogP contribution in [0.2, 0.25) is 0 Å². The number of hydrogen-bond acceptors (Lipinski definition) is 10. The minimum atomic E-state index is -3.23. The standard InChI is InChI=1S/C21H26N4O3S.C20H23BrN4O/c1-14(15-6-9-17(10-7-15)29(5,27)28)23-20-22-12-16-8-11-18(26)25(19(16)24-20)13-21(2,3)4;1-13(14-5-8-16(21)9-6-14)23-19-22-11-15-7-10-17(26)25(18(15)24-19)12-20(2,3)4/h6-12,14H,13H2,1-5H3,(H,22,23,24);5-11,13H,12H2,1-4H3,(H,22,23,24)/t14-;13-/m00/s1. The van der Waals surface area contributed by atoms with Crippen LogP contribution in [-0.4, -0.2) is 43.7 Å². The molecule has 0 saturated heterocycles. The summed E-state index contributed by atoms with van der Waals surface area (Å²) in [7, 11) is -3.23. The summed E-state index contributed by atoms with van der Waals surface area (Å²) in [5, 5.41) is 8.21. The molecule has 0 radical (unpaired) electrons. The summed E-state index contributed by atoms with van der Waals surface area (Å²) in [5.41, 5.74) is 3.04. The lowest BCUT2D eigenvalue weighted by molar-refractivity contribution is 0.343. The van der Waals surface area contributed by atoms with E-state index >= 15 is 0 Å². The molecule has 0 fully saturated rings. The van der Waals surface area contributed by atoms with Gasteiger partial charge < -0.3 is 10.6 Å². The quantitative estimate of drug-likeness (QED) is 0.146. The lowest BCUT2D eigenvalue weighted by atomic mass is 9.96. The minimum absolute atomic E-state index is 0.0264. The Morgan fingerprint density at radius 1 is 0.636 bits per heavy atom. The molecule has 0 saturated carbocycles. The van der Waals surface area contributed by atoms with E-state index in [1.54, 1.807) is 64.0 Å². The van der Waals surface area contributed by atoms with Crippen molar-refractivity contribution in [1.29, 1.82) is 0 Å². The number of benzene rings is 2. The molecule has 0 aliphatic heterocycles. The van der Waals surface area contributed by atoms with Crippen LogP contribution in [0.5, 0.6) is 0 Å². The molecule has 0 amide bonds. The SMILES string of the molecule is C[C@H](Nc1ncc2ccc(=O)n(CC(C)(C)C)c2n1)c1ccc(Br)cc1.C[C@H](Nc1ncc2ccc(=O)n(CC(C)(C)C)c2n1)c1ccc(S(C)(=O)=O)cc1. The first-order valence-corrected chi connectivity index (χ1v) is 20.7. The van der Waals surface area contributed by atoms with Gasteiger partial charge in [0.15, 0.2) is 9.84 Å². The van der Waals surface area contributed by atoms with Crippen LogP contribution >= 0.6 is 15.9 Å². The van der Waals surface area contributed by atoms with Gasteiger partial charge in [0.25, 0.3) is 11.1 Å². The molecule has 2 N–H and O–H groups in total. The van der Waals surface area contributed by atoms with E-state index in [1.165, 1.54) is 12.3 Å². The molecule has 6 aromatic rings. The van der Waals surface area contributed by atoms with Gasteiger partial charge in [-0.15, -0.1) is 0 Å². The van der Waals surface area contributed by atoms with E-state index in [0.29, 0.717) is 36.3 Å². The molecule has 290 valence electrons. The fourth-order valence-electron chi connectivity index (χ4n) is 5.85. The molecule has 0 aliphatic carbocycles. The first-order valence-electron chi connectivity index (χ1n) is 18.0. The van der Waals surface area contributed by atoms with Gasteiger partial charge in [-0.25, -0.2) is 18.4 Å². The van der Waals surface area contributed by atoms with Crippen LogP contribution in [0.1, 0.15) is 78.6 Å². The third-order valence-electron chi connectivity index (χ3n) is 8.58. The molecule has 0 unspecified atom stereocenters. The van der Waals surface area contributed by atoms with Crippen molar-refractivity contribution in [3.8, 4) is 0 Å². The minimum Gasteiger partial charge on any atom is -0.348 e. The van der Waals surface area contributed by atoms with Crippen LogP contribution in [0, 0.1) is 10.8 Å². The van der Waals surface area contributed by atoms with Gasteiger partial charge in [-0.2, -0.15) is 9.97 Å². The van der Waals surface area contributed by atoms with Gasteiger partial charge in [0.1, 0.15) is 11.3 Å². The third kappa shape index (κ3) is 11.1. The summed E-state index contributed by atoms with van der Waals surface area (Å²) in [5.74, 6) is 0.923. The maximum Gasteiger partial charge on any atom is 0.252 e. The Labute approximate surface area is 330 Å². The van der Waals surface area contributed by atoms with Gasteiger partial charge in [0.05, 0.1) is 17.0 Å². The third-order valence-corrected chi connectivity index (χ3v) is 10.2. The zero-order valence-corrected chi connectivity index (χ0v) is 35.2. The normalized spacial score (nSPS) is 13.2. The van der Waals surface area contributed by atoms with Gasteiger partial charge >= 0.3 is 0 Å². The van der Waals surface area contributed by atoms with Crippen molar-refractivity contribution in [1.82, 2.24) is 29.1 Å². The highest BCUT2D eigenvalue weighted by Crippen LogP contribution is 2.24. The van der Waals surface area contributed by atoms with Gasteiger partial charge in [0, 0.05) is 59.1 Å². The Morgan fingerprint density at radius 2 is 1.02 bits per heavy atom. The second kappa shape index (κ2) is 16.4. The molecular formula is C41H49BrN8O4S. The Bertz CT molecular complexity index is 2520. The summed E-state index contributed by atoms with van der Waals surface area (Å²) in [4.78, 5) is 43.1. The molecule has 55 heavy (non-hydrogen) atoms. The summed E-state index contributed by atoms with van der Waals surface area (Å²) in [6, 6.07) is 21.4. The van der Waals surface area contributed by atoms with Crippen LogP contribution in [0.25, 0.3) is 22.1 Å². The van der Waals surface area contributed by atoms with Crippen LogP contribution in [0.15, 0.2) is 104 Å². The molecule has 4 heterocycles. The summed E-state index contributed by atoms with van der Waals surface area (Å²) in [6.07, 6.45) is 4.64. The molecule has 12 nitrogen and oxygen atoms in total. The lowest BCUT2D eigenvalue weighted by Gasteiger charge is -2.21. The predicted molar refractivity (Wildman–Crippen MR) is 224 cm³/mol. The fourth-order valence-corrected chi connectivity index (χ4v) is 6.74. The average Bonchev–Trinajstić information content (AvgIpc) is 3.10. The number of halogens is 1. The summed E-state index contributed by atoms with van der Waals surface area (Å²) in [6.45, 7) is 17.7. The monoisotopic (exact) mass is 828 g/mol. The first-order chi connectivity index (χ1) is 25.7. The Morgan fingerprint density at radius 3 is 1.38 bits per heavy atom. The van der Waals surface area contributed by atoms with Crippen molar-refractivity contribution in [3.05, 3.63) is 121 Å². The molecule has 6 rings (SSSR count). The number of nitrogens with zero attached hydrogens (tertiary/aromatic N) is 6. The number of aromatic nitrogens is 6. The zero-order chi connectivity index (χ0) is 40.3. The van der Waals surface area contributed by atoms with Crippen molar-refractivity contribution in [2.75, 3.05) is 16.9 Å². The molecule has 2 atom stereocenters. The van der Waals surface area contributed by atoms with Gasteiger partial charge in [-0.05, 0) is 72.2 Å². The van der Waals surface area contributed by atoms with Crippen LogP contribution in [0.4, 0.5) is 11.9 Å². The summed E-state index contributed by atoms with van der Waals surface area (Å²) >= 11 is 3.45. The number of rotatable bonds is 9. The van der Waals surface area contributed by atoms with E-state index < -0.39 is 9.84 Å². The molecular weight excluding hydrogens is 780 g/mol. The molecule has 0 aliphatic rings. The number of sulfone groups is 1. The van der Waals surface area contributed by atoms with Crippen LogP contribution < -0.4 is 21.8 Å². The second-order valence-corrected chi connectivity index (χ2v) is 19.1. The van der Waals surface area contributed by atoms with Gasteiger partial charge in [-0.3, -0.25) is 18.7 Å². The van der Waals surface area contributed by atoms with Crippen molar-refractivity contribution >= 4 is 59.7 Å². The Kier molecular flexibility index (Phi) is 12.3. The number of pyridine rings is 2. The largest absolute Gasteiger partial charge is 0.348 e. The van der Waals surface area contributed by atoms with E-state index in [2.05, 4.69) is 107 Å². The molecule has 0 bridgehead atoms. The summed E-state index contributed by atoms with van der Waals surface area (Å²) < 4.78 is 27.7. The molecule has 4 aromatic heterocycles. The van der Waals surface area contributed by atoms with E-state index in [1.807, 2.05) is 19.1 Å². The maximum absolute atomic E-state index is 12.4. The Balaban J connectivity index is 0.000000212. The van der Waals surface area contributed by atoms with E-state index in [0.717, 1.165) is 26.4 Å². The number of hydrogen-bond donors (Lipinski definition) is 2. The maximum atomic E-state index is 12.4. The van der Waals surface area contributed by atoms with Crippen molar-refractivity contribution in [3.63, 3.8) is 0 Å². The highest BCUT2D eigenvalue weighted by molar-refractivity contribution is 9.10. The fraction of sp³-hybridized carbons (Fsp3) is 0.366. The van der Waals surface area contributed by atoms with Gasteiger partial charge in [-0.1, -0.05) is 81.7 Å². The van der Waals surface area contributed by atoms with Gasteiger partial charge in [0.2, 0.25) is 11.9 Å². The molecule has 0 spiro atoms. The van der Waals surface area contributed by atoms with E-state index in [9.17, 15) is 18.0 Å². The van der Waals surface area contributed by atoms with Crippen molar-refractivity contribution in [2.24, 2.45) is 10.8 Å². The second-order valence-electron chi connectivity index (χ2n) is 16.2. The smallest absolute Gasteiger partial charge is 0.252 e. The predicted octanol–water partition coefficient (Wildman–Crippen LogP) is 8.19. The van der Waals surface area contributed by atoms with Crippen molar-refractivity contribution < 1.29 is 8.42 Å². The number of anilines is 2. The van der Waals surface area contributed by atoms with E-state index in [-0.39, 0.29) is 38.9 Å². The lowest BCUT2D eigenvalue weighted by Crippen LogP contribution is -2.27. The first kappa shape index (κ1) is 41.2. The zero-order valence-electron chi connectivity index (χ0n) is 32.8. The molecule has 2 aromatic carbocycles. The average molecular weight is 830 g/mol. The highest BCUT2D eigenvalue weighted by Gasteiger charge is 2.18. The Hall–Kier alpha value is -4.95.